The maximum atomic E-state index is 12.4. The third-order valence-electron chi connectivity index (χ3n) is 3.04. The summed E-state index contributed by atoms with van der Waals surface area (Å²) in [7, 11) is -3.84. The van der Waals surface area contributed by atoms with E-state index in [9.17, 15) is 13.2 Å². The molecule has 2 aromatic rings. The minimum absolute atomic E-state index is 0.0360. The number of carbonyl (C=O) groups excluding carboxylic acids is 1. The molecule has 0 spiro atoms. The molecule has 2 aromatic carbocycles. The molecule has 5 nitrogen and oxygen atoms in total. The van der Waals surface area contributed by atoms with Crippen LogP contribution >= 0.6 is 23.2 Å². The second-order valence-electron chi connectivity index (χ2n) is 4.86. The number of carbonyl (C=O) groups is 1. The molecule has 24 heavy (non-hydrogen) atoms. The molecule has 1 N–H and O–H groups in total. The van der Waals surface area contributed by atoms with Crippen molar-refractivity contribution in [2.75, 3.05) is 11.3 Å². The Morgan fingerprint density at radius 1 is 1.12 bits per heavy atom. The van der Waals surface area contributed by atoms with Crippen LogP contribution in [0.3, 0.4) is 0 Å². The fourth-order valence-corrected chi connectivity index (χ4v) is 3.80. The summed E-state index contributed by atoms with van der Waals surface area (Å²) in [4.78, 5) is 11.4. The minimum Gasteiger partial charge on any atom is -0.466 e. The molecule has 0 aliphatic rings. The number of anilines is 1. The van der Waals surface area contributed by atoms with Gasteiger partial charge in [0.05, 0.1) is 18.1 Å². The van der Waals surface area contributed by atoms with E-state index < -0.39 is 10.0 Å². The van der Waals surface area contributed by atoms with E-state index in [0.29, 0.717) is 17.3 Å². The Morgan fingerprint density at radius 3 is 2.38 bits per heavy atom. The van der Waals surface area contributed by atoms with Crippen molar-refractivity contribution in [3.8, 4) is 0 Å². The molecule has 8 heteroatoms. The Bertz CT molecular complexity index is 836. The van der Waals surface area contributed by atoms with Crippen molar-refractivity contribution < 1.29 is 17.9 Å². The number of benzene rings is 2. The Hall–Kier alpha value is -1.76. The van der Waals surface area contributed by atoms with Crippen LogP contribution in [-0.2, 0) is 26.0 Å². The highest BCUT2D eigenvalue weighted by atomic mass is 35.5. The lowest BCUT2D eigenvalue weighted by Gasteiger charge is -2.10. The fraction of sp³-hybridized carbons (Fsp3) is 0.188. The van der Waals surface area contributed by atoms with Gasteiger partial charge in [-0.15, -0.1) is 0 Å². The van der Waals surface area contributed by atoms with Gasteiger partial charge in [-0.1, -0.05) is 35.3 Å². The van der Waals surface area contributed by atoms with Gasteiger partial charge in [-0.3, -0.25) is 9.52 Å². The predicted molar refractivity (Wildman–Crippen MR) is 94.0 cm³/mol. The van der Waals surface area contributed by atoms with Crippen LogP contribution in [0, 0.1) is 0 Å². The maximum Gasteiger partial charge on any atom is 0.310 e. The molecule has 0 saturated carbocycles. The zero-order chi connectivity index (χ0) is 17.7. The number of hydrogen-bond acceptors (Lipinski definition) is 4. The van der Waals surface area contributed by atoms with Crippen LogP contribution in [0.15, 0.2) is 47.4 Å². The molecular formula is C16H15Cl2NO4S. The highest BCUT2D eigenvalue weighted by molar-refractivity contribution is 7.92. The van der Waals surface area contributed by atoms with Crippen LogP contribution in [0.25, 0.3) is 0 Å². The molecule has 0 aromatic heterocycles. The van der Waals surface area contributed by atoms with Crippen molar-refractivity contribution in [3.63, 3.8) is 0 Å². The van der Waals surface area contributed by atoms with Gasteiger partial charge in [-0.05, 0) is 42.8 Å². The summed E-state index contributed by atoms with van der Waals surface area (Å²) < 4.78 is 32.0. The molecule has 0 aliphatic heterocycles. The largest absolute Gasteiger partial charge is 0.466 e. The number of sulfonamides is 1. The van der Waals surface area contributed by atoms with Gasteiger partial charge >= 0.3 is 5.97 Å². The van der Waals surface area contributed by atoms with Crippen molar-refractivity contribution in [1.82, 2.24) is 0 Å². The first kappa shape index (κ1) is 18.6. The predicted octanol–water partition coefficient (Wildman–Crippen LogP) is 3.90. The van der Waals surface area contributed by atoms with E-state index in [4.69, 9.17) is 27.9 Å². The molecule has 0 unspecified atom stereocenters. The van der Waals surface area contributed by atoms with Gasteiger partial charge in [-0.25, -0.2) is 8.42 Å². The normalized spacial score (nSPS) is 11.1. The Balaban J connectivity index is 2.14. The van der Waals surface area contributed by atoms with Gasteiger partial charge in [0, 0.05) is 10.7 Å². The van der Waals surface area contributed by atoms with E-state index in [0.717, 1.165) is 5.56 Å². The summed E-state index contributed by atoms with van der Waals surface area (Å²) in [6, 6.07) is 10.6. The first-order chi connectivity index (χ1) is 11.3. The highest BCUT2D eigenvalue weighted by Gasteiger charge is 2.18. The second-order valence-corrected chi connectivity index (χ2v) is 7.35. The number of halogens is 2. The van der Waals surface area contributed by atoms with E-state index in [1.807, 2.05) is 0 Å². The van der Waals surface area contributed by atoms with Crippen LogP contribution in [0.1, 0.15) is 12.5 Å². The topological polar surface area (TPSA) is 72.5 Å². The summed E-state index contributed by atoms with van der Waals surface area (Å²) in [5.74, 6) is -0.334. The van der Waals surface area contributed by atoms with Crippen LogP contribution in [0.4, 0.5) is 5.69 Å². The van der Waals surface area contributed by atoms with Crippen molar-refractivity contribution in [2.45, 2.75) is 18.2 Å². The lowest BCUT2D eigenvalue weighted by atomic mass is 10.1. The van der Waals surface area contributed by atoms with Gasteiger partial charge in [0.15, 0.2) is 0 Å². The van der Waals surface area contributed by atoms with Crippen molar-refractivity contribution >= 4 is 44.9 Å². The molecule has 0 saturated heterocycles. The van der Waals surface area contributed by atoms with Gasteiger partial charge in [-0.2, -0.15) is 0 Å². The molecule has 0 amide bonds. The first-order valence-electron chi connectivity index (χ1n) is 7.04. The molecule has 0 aliphatic carbocycles. The first-order valence-corrected chi connectivity index (χ1v) is 9.28. The average molecular weight is 388 g/mol. The van der Waals surface area contributed by atoms with Crippen molar-refractivity contribution in [1.29, 1.82) is 0 Å². The van der Waals surface area contributed by atoms with E-state index in [1.54, 1.807) is 31.2 Å². The molecule has 0 radical (unpaired) electrons. The lowest BCUT2D eigenvalue weighted by molar-refractivity contribution is -0.142. The van der Waals surface area contributed by atoms with Crippen molar-refractivity contribution in [2.24, 2.45) is 0 Å². The number of hydrogen-bond donors (Lipinski definition) is 1. The maximum absolute atomic E-state index is 12.4. The summed E-state index contributed by atoms with van der Waals surface area (Å²) in [5.41, 5.74) is 1.08. The number of rotatable bonds is 6. The smallest absolute Gasteiger partial charge is 0.310 e. The SMILES string of the molecule is CCOC(=O)Cc1ccc(NS(=O)(=O)c2ccc(Cl)cc2Cl)cc1. The summed E-state index contributed by atoms with van der Waals surface area (Å²) in [6.07, 6.45) is 0.129. The van der Waals surface area contributed by atoms with E-state index >= 15 is 0 Å². The minimum atomic E-state index is -3.84. The quantitative estimate of drug-likeness (QED) is 0.762. The Labute approximate surface area is 150 Å². The molecule has 128 valence electrons. The molecule has 2 rings (SSSR count). The highest BCUT2D eigenvalue weighted by Crippen LogP contribution is 2.26. The average Bonchev–Trinajstić information content (AvgIpc) is 2.48. The van der Waals surface area contributed by atoms with Gasteiger partial charge < -0.3 is 4.74 Å². The standard InChI is InChI=1S/C16H15Cl2NO4S/c1-2-23-16(20)9-11-3-6-13(7-4-11)19-24(21,22)15-8-5-12(17)10-14(15)18/h3-8,10,19H,2,9H2,1H3. The van der Waals surface area contributed by atoms with Crippen LogP contribution in [0.2, 0.25) is 10.0 Å². The Kier molecular flexibility index (Phi) is 6.10. The molecule has 0 atom stereocenters. The molecule has 0 fully saturated rings. The van der Waals surface area contributed by atoms with E-state index in [-0.39, 0.29) is 22.3 Å². The second kappa shape index (κ2) is 7.88. The number of nitrogens with one attached hydrogen (secondary N) is 1. The number of ether oxygens (including phenoxy) is 1. The third kappa shape index (κ3) is 4.87. The Morgan fingerprint density at radius 2 is 1.79 bits per heavy atom. The zero-order valence-electron chi connectivity index (χ0n) is 12.8. The zero-order valence-corrected chi connectivity index (χ0v) is 15.1. The molecule has 0 heterocycles. The molecular weight excluding hydrogens is 373 g/mol. The van der Waals surface area contributed by atoms with Crippen molar-refractivity contribution in [3.05, 3.63) is 58.1 Å². The third-order valence-corrected chi connectivity index (χ3v) is 5.14. The van der Waals surface area contributed by atoms with Crippen LogP contribution in [-0.4, -0.2) is 21.0 Å². The van der Waals surface area contributed by atoms with Crippen LogP contribution < -0.4 is 4.72 Å². The summed E-state index contributed by atoms with van der Waals surface area (Å²) in [5, 5.41) is 0.385. The van der Waals surface area contributed by atoms with E-state index in [2.05, 4.69) is 4.72 Å². The van der Waals surface area contributed by atoms with Gasteiger partial charge in [0.25, 0.3) is 10.0 Å². The lowest BCUT2D eigenvalue weighted by Crippen LogP contribution is -2.13. The molecule has 0 bridgehead atoms. The van der Waals surface area contributed by atoms with Gasteiger partial charge in [0.1, 0.15) is 4.90 Å². The van der Waals surface area contributed by atoms with E-state index in [1.165, 1.54) is 18.2 Å². The van der Waals surface area contributed by atoms with Gasteiger partial charge in [0.2, 0.25) is 0 Å². The number of esters is 1. The summed E-state index contributed by atoms with van der Waals surface area (Å²) >= 11 is 11.7. The van der Waals surface area contributed by atoms with Crippen LogP contribution in [0.5, 0.6) is 0 Å². The monoisotopic (exact) mass is 387 g/mol. The fourth-order valence-electron chi connectivity index (χ4n) is 1.97. The summed E-state index contributed by atoms with van der Waals surface area (Å²) in [6.45, 7) is 2.05.